The second-order valence-corrected chi connectivity index (χ2v) is 7.04. The molecule has 0 aliphatic carbocycles. The van der Waals surface area contributed by atoms with Crippen molar-refractivity contribution in [2.75, 3.05) is 39.9 Å². The van der Waals surface area contributed by atoms with Crippen LogP contribution in [0, 0.1) is 0 Å². The molecular formula is C14H20N2O6S. The molecule has 0 saturated heterocycles. The lowest BCUT2D eigenvalue weighted by molar-refractivity contribution is -0.121. The molecule has 23 heavy (non-hydrogen) atoms. The number of rotatable bonds is 8. The number of carbonyl (C=O) groups is 1. The fourth-order valence-corrected chi connectivity index (χ4v) is 2.78. The van der Waals surface area contributed by atoms with Crippen LogP contribution in [-0.2, 0) is 26.1 Å². The number of nitrogens with one attached hydrogen (secondary N) is 1. The van der Waals surface area contributed by atoms with Gasteiger partial charge in [-0.25, -0.2) is 8.42 Å². The minimum absolute atomic E-state index is 0.132. The molecule has 128 valence electrons. The van der Waals surface area contributed by atoms with Gasteiger partial charge < -0.3 is 19.5 Å². The van der Waals surface area contributed by atoms with E-state index in [4.69, 9.17) is 14.2 Å². The van der Waals surface area contributed by atoms with Crippen molar-refractivity contribution < 1.29 is 27.4 Å². The zero-order valence-corrected chi connectivity index (χ0v) is 13.9. The van der Waals surface area contributed by atoms with E-state index in [2.05, 4.69) is 5.32 Å². The third-order valence-corrected chi connectivity index (χ3v) is 4.51. The molecule has 0 radical (unpaired) electrons. The van der Waals surface area contributed by atoms with Crippen LogP contribution in [0.25, 0.3) is 0 Å². The molecule has 0 spiro atoms. The molecule has 1 aromatic carbocycles. The number of hydrogen-bond donors (Lipinski definition) is 1. The van der Waals surface area contributed by atoms with Crippen LogP contribution in [0.2, 0.25) is 0 Å². The Morgan fingerprint density at radius 2 is 2.09 bits per heavy atom. The highest BCUT2D eigenvalue weighted by Gasteiger charge is 2.20. The summed E-state index contributed by atoms with van der Waals surface area (Å²) in [4.78, 5) is 12.0. The van der Waals surface area contributed by atoms with Crippen molar-refractivity contribution in [1.82, 2.24) is 9.62 Å². The molecular weight excluding hydrogens is 324 g/mol. The second kappa shape index (κ2) is 7.62. The van der Waals surface area contributed by atoms with Gasteiger partial charge in [0.05, 0.1) is 19.4 Å². The molecule has 0 aromatic heterocycles. The zero-order valence-electron chi connectivity index (χ0n) is 13.1. The summed E-state index contributed by atoms with van der Waals surface area (Å²) < 4.78 is 39.7. The smallest absolute Gasteiger partial charge is 0.235 e. The van der Waals surface area contributed by atoms with Crippen LogP contribution in [0.5, 0.6) is 11.5 Å². The summed E-state index contributed by atoms with van der Waals surface area (Å²) in [6.07, 6.45) is 1.06. The summed E-state index contributed by atoms with van der Waals surface area (Å²) in [5.74, 6) is 0.918. The molecule has 0 saturated carbocycles. The molecule has 1 aliphatic rings. The van der Waals surface area contributed by atoms with E-state index >= 15 is 0 Å². The van der Waals surface area contributed by atoms with Gasteiger partial charge in [0.1, 0.15) is 0 Å². The van der Waals surface area contributed by atoms with Crippen LogP contribution in [0.3, 0.4) is 0 Å². The van der Waals surface area contributed by atoms with Gasteiger partial charge in [-0.15, -0.1) is 0 Å². The Kier molecular flexibility index (Phi) is 5.80. The van der Waals surface area contributed by atoms with Crippen molar-refractivity contribution in [3.63, 3.8) is 0 Å². The molecule has 1 amide bonds. The molecule has 1 N–H and O–H groups in total. The number of fused-ring (bicyclic) bond motifs is 1. The van der Waals surface area contributed by atoms with Crippen LogP contribution in [-0.4, -0.2) is 58.5 Å². The van der Waals surface area contributed by atoms with Crippen molar-refractivity contribution in [3.8, 4) is 11.5 Å². The molecule has 9 heteroatoms. The minimum Gasteiger partial charge on any atom is -0.454 e. The van der Waals surface area contributed by atoms with E-state index in [1.807, 2.05) is 6.07 Å². The monoisotopic (exact) mass is 344 g/mol. The van der Waals surface area contributed by atoms with Crippen LogP contribution in [0.4, 0.5) is 0 Å². The fraction of sp³-hybridized carbons (Fsp3) is 0.500. The van der Waals surface area contributed by atoms with Gasteiger partial charge in [-0.1, -0.05) is 6.07 Å². The first-order chi connectivity index (χ1) is 10.9. The van der Waals surface area contributed by atoms with Crippen molar-refractivity contribution in [2.45, 2.75) is 6.54 Å². The van der Waals surface area contributed by atoms with Crippen LogP contribution < -0.4 is 14.8 Å². The van der Waals surface area contributed by atoms with Gasteiger partial charge in [0.2, 0.25) is 22.7 Å². The summed E-state index contributed by atoms with van der Waals surface area (Å²) in [7, 11) is -1.99. The minimum atomic E-state index is -3.47. The summed E-state index contributed by atoms with van der Waals surface area (Å²) in [6.45, 7) is 0.577. The molecule has 0 unspecified atom stereocenters. The summed E-state index contributed by atoms with van der Waals surface area (Å²) in [5.41, 5.74) is 0.838. The van der Waals surface area contributed by atoms with E-state index in [1.54, 1.807) is 12.1 Å². The van der Waals surface area contributed by atoms with Crippen molar-refractivity contribution in [2.24, 2.45) is 0 Å². The lowest BCUT2D eigenvalue weighted by Gasteiger charge is -2.19. The van der Waals surface area contributed by atoms with Crippen molar-refractivity contribution in [1.29, 1.82) is 0 Å². The first-order valence-corrected chi connectivity index (χ1v) is 8.84. The van der Waals surface area contributed by atoms with Crippen molar-refractivity contribution >= 4 is 15.9 Å². The third-order valence-electron chi connectivity index (χ3n) is 3.26. The van der Waals surface area contributed by atoms with Crippen LogP contribution in [0.15, 0.2) is 18.2 Å². The molecule has 0 fully saturated rings. The highest BCUT2D eigenvalue weighted by molar-refractivity contribution is 7.88. The van der Waals surface area contributed by atoms with Gasteiger partial charge in [0.25, 0.3) is 0 Å². The van der Waals surface area contributed by atoms with Gasteiger partial charge in [0, 0.05) is 20.2 Å². The maximum absolute atomic E-state index is 12.0. The first-order valence-electron chi connectivity index (χ1n) is 6.99. The van der Waals surface area contributed by atoms with Gasteiger partial charge in [-0.3, -0.25) is 4.79 Å². The number of sulfonamides is 1. The predicted molar refractivity (Wildman–Crippen MR) is 82.7 cm³/mol. The van der Waals surface area contributed by atoms with E-state index in [9.17, 15) is 13.2 Å². The van der Waals surface area contributed by atoms with Crippen molar-refractivity contribution in [3.05, 3.63) is 23.8 Å². The van der Waals surface area contributed by atoms with Gasteiger partial charge in [-0.05, 0) is 17.7 Å². The van der Waals surface area contributed by atoms with E-state index in [-0.39, 0.29) is 38.9 Å². The Labute approximate surface area is 135 Å². The topological polar surface area (TPSA) is 94.2 Å². The van der Waals surface area contributed by atoms with E-state index in [0.29, 0.717) is 11.5 Å². The van der Waals surface area contributed by atoms with Crippen LogP contribution in [0.1, 0.15) is 5.56 Å². The Bertz CT molecular complexity index is 661. The molecule has 1 heterocycles. The molecule has 0 atom stereocenters. The Balaban J connectivity index is 1.88. The van der Waals surface area contributed by atoms with Gasteiger partial charge in [0.15, 0.2) is 11.5 Å². The molecule has 0 bridgehead atoms. The Hall–Kier alpha value is -1.84. The predicted octanol–water partition coefficient (Wildman–Crippen LogP) is -0.0605. The van der Waals surface area contributed by atoms with Crippen LogP contribution >= 0.6 is 0 Å². The highest BCUT2D eigenvalue weighted by atomic mass is 32.2. The number of nitrogens with zero attached hydrogens (tertiary/aromatic N) is 1. The number of benzene rings is 1. The number of carbonyl (C=O) groups excluding carboxylic acids is 1. The zero-order chi connectivity index (χ0) is 16.9. The lowest BCUT2D eigenvalue weighted by Crippen LogP contribution is -2.41. The Morgan fingerprint density at radius 3 is 2.78 bits per heavy atom. The number of hydrogen-bond acceptors (Lipinski definition) is 6. The molecule has 8 nitrogen and oxygen atoms in total. The molecule has 2 rings (SSSR count). The summed E-state index contributed by atoms with van der Waals surface area (Å²) in [5, 5.41) is 2.69. The highest BCUT2D eigenvalue weighted by Crippen LogP contribution is 2.32. The first kappa shape index (κ1) is 17.5. The molecule has 1 aliphatic heterocycles. The normalized spacial score (nSPS) is 13.3. The van der Waals surface area contributed by atoms with E-state index in [0.717, 1.165) is 16.1 Å². The Morgan fingerprint density at radius 1 is 1.35 bits per heavy atom. The van der Waals surface area contributed by atoms with Gasteiger partial charge in [-0.2, -0.15) is 4.31 Å². The third kappa shape index (κ3) is 5.08. The van der Waals surface area contributed by atoms with E-state index in [1.165, 1.54) is 7.11 Å². The number of amides is 1. The second-order valence-electron chi connectivity index (χ2n) is 5.05. The van der Waals surface area contributed by atoms with E-state index < -0.39 is 10.0 Å². The standard InChI is InChI=1S/C14H20N2O6S/c1-20-6-5-16(23(2,18)19)9-14(17)15-8-11-3-4-12-13(7-11)22-10-21-12/h3-4,7H,5-6,8-10H2,1-2H3,(H,15,17). The van der Waals surface area contributed by atoms with Gasteiger partial charge >= 0.3 is 0 Å². The maximum Gasteiger partial charge on any atom is 0.235 e. The SMILES string of the molecule is COCCN(CC(=O)NCc1ccc2c(c1)OCO2)S(C)(=O)=O. The summed E-state index contributed by atoms with van der Waals surface area (Å²) >= 11 is 0. The summed E-state index contributed by atoms with van der Waals surface area (Å²) in [6, 6.07) is 5.36. The lowest BCUT2D eigenvalue weighted by atomic mass is 10.2. The maximum atomic E-state index is 12.0. The number of methoxy groups -OCH3 is 1. The number of ether oxygens (including phenoxy) is 3. The fourth-order valence-electron chi connectivity index (χ4n) is 2.02. The molecule has 1 aromatic rings. The average Bonchev–Trinajstić information content (AvgIpc) is 2.95. The quantitative estimate of drug-likeness (QED) is 0.710. The largest absolute Gasteiger partial charge is 0.454 e. The average molecular weight is 344 g/mol.